The minimum Gasteiger partial charge on any atom is -0.492 e. The number of ketones is 1. The molecule has 1 atom stereocenters. The second-order valence-electron chi connectivity index (χ2n) is 6.69. The lowest BCUT2D eigenvalue weighted by Gasteiger charge is -2.13. The fourth-order valence-corrected chi connectivity index (χ4v) is 2.80. The van der Waals surface area contributed by atoms with E-state index in [1.807, 2.05) is 6.92 Å². The number of nitrogens with one attached hydrogen (secondary N) is 2. The van der Waals surface area contributed by atoms with Gasteiger partial charge in [0.1, 0.15) is 5.75 Å². The molecule has 148 valence electrons. The molecule has 0 saturated heterocycles. The minimum absolute atomic E-state index is 0.0254. The van der Waals surface area contributed by atoms with Gasteiger partial charge in [-0.1, -0.05) is 24.3 Å². The summed E-state index contributed by atoms with van der Waals surface area (Å²) < 4.78 is 5.45. The van der Waals surface area contributed by atoms with Gasteiger partial charge in [0.25, 0.3) is 0 Å². The lowest BCUT2D eigenvalue weighted by atomic mass is 9.97. The van der Waals surface area contributed by atoms with Gasteiger partial charge in [-0.3, -0.25) is 14.4 Å². The summed E-state index contributed by atoms with van der Waals surface area (Å²) in [6, 6.07) is 14.8. The molecule has 0 spiro atoms. The second kappa shape index (κ2) is 9.02. The average molecular weight is 391 g/mol. The number of rotatable bonds is 8. The van der Waals surface area contributed by atoms with Crippen molar-refractivity contribution >= 4 is 29.0 Å². The Bertz CT molecular complexity index is 976. The SMILES string of the molecule is CCOc1ccccc1NC(=O)C(C#N)C(=O)c1cccc(NC(=O)C2CC2)c1. The maximum absolute atomic E-state index is 12.8. The number of anilines is 2. The maximum atomic E-state index is 12.8. The van der Waals surface area contributed by atoms with Crippen molar-refractivity contribution in [3.63, 3.8) is 0 Å². The topological polar surface area (TPSA) is 108 Å². The standard InChI is InChI=1S/C22H21N3O4/c1-2-29-19-9-4-3-8-18(19)25-22(28)17(13-23)20(26)15-6-5-7-16(12-15)24-21(27)14-10-11-14/h3-9,12,14,17H,2,10-11H2,1H3,(H,24,27)(H,25,28). The summed E-state index contributed by atoms with van der Waals surface area (Å²) in [5, 5.41) is 14.8. The van der Waals surface area contributed by atoms with Crippen molar-refractivity contribution in [3.8, 4) is 11.8 Å². The van der Waals surface area contributed by atoms with E-state index in [0.717, 1.165) is 12.8 Å². The monoisotopic (exact) mass is 391 g/mol. The summed E-state index contributed by atoms with van der Waals surface area (Å²) in [4.78, 5) is 37.3. The number of carbonyl (C=O) groups is 3. The van der Waals surface area contributed by atoms with Crippen molar-refractivity contribution < 1.29 is 19.1 Å². The lowest BCUT2D eigenvalue weighted by Crippen LogP contribution is -2.29. The van der Waals surface area contributed by atoms with E-state index in [-0.39, 0.29) is 17.4 Å². The third-order valence-corrected chi connectivity index (χ3v) is 4.46. The number of hydrogen-bond donors (Lipinski definition) is 2. The number of hydrogen-bond acceptors (Lipinski definition) is 5. The van der Waals surface area contributed by atoms with E-state index in [2.05, 4.69) is 10.6 Å². The molecule has 29 heavy (non-hydrogen) atoms. The maximum Gasteiger partial charge on any atom is 0.249 e. The molecule has 0 aliphatic heterocycles. The van der Waals surface area contributed by atoms with Crippen LogP contribution < -0.4 is 15.4 Å². The molecule has 1 saturated carbocycles. The van der Waals surface area contributed by atoms with Gasteiger partial charge in [-0.15, -0.1) is 0 Å². The van der Waals surface area contributed by atoms with Crippen LogP contribution in [0.3, 0.4) is 0 Å². The quantitative estimate of drug-likeness (QED) is 0.530. The molecule has 2 amide bonds. The van der Waals surface area contributed by atoms with Crippen molar-refractivity contribution in [1.82, 2.24) is 0 Å². The highest BCUT2D eigenvalue weighted by Crippen LogP contribution is 2.30. The second-order valence-corrected chi connectivity index (χ2v) is 6.69. The third kappa shape index (κ3) is 4.99. The fourth-order valence-electron chi connectivity index (χ4n) is 2.80. The van der Waals surface area contributed by atoms with Crippen molar-refractivity contribution in [2.24, 2.45) is 11.8 Å². The van der Waals surface area contributed by atoms with Gasteiger partial charge >= 0.3 is 0 Å². The van der Waals surface area contributed by atoms with Gasteiger partial charge in [-0.05, 0) is 44.0 Å². The Morgan fingerprint density at radius 1 is 1.14 bits per heavy atom. The molecule has 1 fully saturated rings. The van der Waals surface area contributed by atoms with Crippen LogP contribution in [0.25, 0.3) is 0 Å². The van der Waals surface area contributed by atoms with Crippen LogP contribution in [0.15, 0.2) is 48.5 Å². The molecule has 1 aliphatic rings. The molecule has 0 radical (unpaired) electrons. The number of ether oxygens (including phenoxy) is 1. The molecule has 1 unspecified atom stereocenters. The van der Waals surface area contributed by atoms with E-state index >= 15 is 0 Å². The lowest BCUT2D eigenvalue weighted by molar-refractivity contribution is -0.118. The molecule has 7 heteroatoms. The summed E-state index contributed by atoms with van der Waals surface area (Å²) in [6.45, 7) is 2.22. The first-order chi connectivity index (χ1) is 14.0. The molecule has 2 aromatic rings. The molecule has 0 bridgehead atoms. The Kier molecular flexibility index (Phi) is 6.25. The Hall–Kier alpha value is -3.66. The fraction of sp³-hybridized carbons (Fsp3) is 0.273. The molecular formula is C22H21N3O4. The number of nitrogens with zero attached hydrogens (tertiary/aromatic N) is 1. The number of carbonyl (C=O) groups excluding carboxylic acids is 3. The normalized spacial score (nSPS) is 13.7. The average Bonchev–Trinajstić information content (AvgIpc) is 3.56. The van der Waals surface area contributed by atoms with Crippen LogP contribution in [0.2, 0.25) is 0 Å². The van der Waals surface area contributed by atoms with E-state index in [1.54, 1.807) is 42.5 Å². The van der Waals surface area contributed by atoms with Gasteiger partial charge < -0.3 is 15.4 Å². The van der Waals surface area contributed by atoms with Gasteiger partial charge in [-0.2, -0.15) is 5.26 Å². The summed E-state index contributed by atoms with van der Waals surface area (Å²) in [7, 11) is 0. The zero-order valence-corrected chi connectivity index (χ0v) is 16.0. The first-order valence-corrected chi connectivity index (χ1v) is 9.41. The smallest absolute Gasteiger partial charge is 0.249 e. The summed E-state index contributed by atoms with van der Waals surface area (Å²) in [5.41, 5.74) is 1.03. The molecule has 2 N–H and O–H groups in total. The van der Waals surface area contributed by atoms with Gasteiger partial charge in [0, 0.05) is 17.2 Å². The summed E-state index contributed by atoms with van der Waals surface area (Å²) in [5.74, 6) is -2.51. The van der Waals surface area contributed by atoms with Gasteiger partial charge in [0.15, 0.2) is 11.7 Å². The Morgan fingerprint density at radius 3 is 2.59 bits per heavy atom. The zero-order chi connectivity index (χ0) is 20.8. The molecule has 0 aromatic heterocycles. The first-order valence-electron chi connectivity index (χ1n) is 9.41. The molecule has 7 nitrogen and oxygen atoms in total. The largest absolute Gasteiger partial charge is 0.492 e. The van der Waals surface area contributed by atoms with Crippen LogP contribution in [-0.2, 0) is 9.59 Å². The third-order valence-electron chi connectivity index (χ3n) is 4.46. The van der Waals surface area contributed by atoms with E-state index in [0.29, 0.717) is 23.7 Å². The minimum atomic E-state index is -1.53. The molecule has 2 aromatic carbocycles. The van der Waals surface area contributed by atoms with Crippen LogP contribution in [0.5, 0.6) is 5.75 Å². The number of Topliss-reactive ketones (excluding diaryl/α,β-unsaturated/α-hetero) is 1. The van der Waals surface area contributed by atoms with E-state index in [4.69, 9.17) is 4.74 Å². The van der Waals surface area contributed by atoms with Crippen LogP contribution in [0.1, 0.15) is 30.1 Å². The number of nitriles is 1. The Balaban J connectivity index is 1.74. The molecule has 3 rings (SSSR count). The van der Waals surface area contributed by atoms with Gasteiger partial charge in [-0.25, -0.2) is 0 Å². The van der Waals surface area contributed by atoms with Crippen molar-refractivity contribution in [3.05, 3.63) is 54.1 Å². The first kappa shape index (κ1) is 20.1. The van der Waals surface area contributed by atoms with Gasteiger partial charge in [0.2, 0.25) is 11.8 Å². The van der Waals surface area contributed by atoms with Crippen LogP contribution >= 0.6 is 0 Å². The van der Waals surface area contributed by atoms with Crippen LogP contribution in [-0.4, -0.2) is 24.2 Å². The number of benzene rings is 2. The summed E-state index contributed by atoms with van der Waals surface area (Å²) in [6.07, 6.45) is 1.73. The van der Waals surface area contributed by atoms with E-state index in [9.17, 15) is 19.6 Å². The van der Waals surface area contributed by atoms with Crippen molar-refractivity contribution in [2.75, 3.05) is 17.2 Å². The highest BCUT2D eigenvalue weighted by molar-refractivity contribution is 6.16. The Labute approximate surface area is 168 Å². The molecular weight excluding hydrogens is 370 g/mol. The van der Waals surface area contributed by atoms with E-state index in [1.165, 1.54) is 12.1 Å². The van der Waals surface area contributed by atoms with Crippen LogP contribution in [0, 0.1) is 23.2 Å². The highest BCUT2D eigenvalue weighted by atomic mass is 16.5. The van der Waals surface area contributed by atoms with Crippen molar-refractivity contribution in [2.45, 2.75) is 19.8 Å². The van der Waals surface area contributed by atoms with Crippen LogP contribution in [0.4, 0.5) is 11.4 Å². The van der Waals surface area contributed by atoms with Gasteiger partial charge in [0.05, 0.1) is 18.4 Å². The highest BCUT2D eigenvalue weighted by Gasteiger charge is 2.31. The zero-order valence-electron chi connectivity index (χ0n) is 16.0. The van der Waals surface area contributed by atoms with E-state index < -0.39 is 17.6 Å². The number of amides is 2. The predicted octanol–water partition coefficient (Wildman–Crippen LogP) is 3.39. The molecule has 1 aliphatic carbocycles. The summed E-state index contributed by atoms with van der Waals surface area (Å²) >= 11 is 0. The predicted molar refractivity (Wildman–Crippen MR) is 107 cm³/mol. The Morgan fingerprint density at radius 2 is 1.90 bits per heavy atom. The van der Waals surface area contributed by atoms with Crippen molar-refractivity contribution in [1.29, 1.82) is 5.26 Å². The number of para-hydroxylation sites is 2. The molecule has 0 heterocycles.